The number of phenols is 1. The Kier molecular flexibility index (Phi) is 8.82. The van der Waals surface area contributed by atoms with E-state index in [2.05, 4.69) is 10.5 Å². The number of carbonyl (C=O) groups is 4. The van der Waals surface area contributed by atoms with Crippen molar-refractivity contribution in [3.8, 4) is 23.0 Å². The number of carbonyl (C=O) groups excluding carboxylic acids is 4. The minimum Gasteiger partial charge on any atom is -0.507 e. The number of hydrogen-bond donors (Lipinski definition) is 2. The van der Waals surface area contributed by atoms with Crippen LogP contribution in [0.25, 0.3) is 6.08 Å². The summed E-state index contributed by atoms with van der Waals surface area (Å²) in [5.41, 5.74) is 3.47. The highest BCUT2D eigenvalue weighted by Gasteiger charge is 2.36. The van der Waals surface area contributed by atoms with E-state index < -0.39 is 29.6 Å². The molecule has 2 N–H and O–H groups in total. The molecule has 40 heavy (non-hydrogen) atoms. The van der Waals surface area contributed by atoms with Crippen molar-refractivity contribution >= 4 is 47.1 Å². The lowest BCUT2D eigenvalue weighted by atomic mass is 10.2. The average molecular weight is 562 g/mol. The van der Waals surface area contributed by atoms with E-state index >= 15 is 0 Å². The van der Waals surface area contributed by atoms with Gasteiger partial charge in [-0.2, -0.15) is 5.10 Å². The van der Waals surface area contributed by atoms with Gasteiger partial charge in [0.1, 0.15) is 18.0 Å². The Hall–Kier alpha value is -5.10. The van der Waals surface area contributed by atoms with Gasteiger partial charge < -0.3 is 19.3 Å². The number of imide groups is 1. The van der Waals surface area contributed by atoms with Crippen molar-refractivity contribution in [3.05, 3.63) is 88.3 Å². The summed E-state index contributed by atoms with van der Waals surface area (Å²) in [6, 6.07) is 17.3. The van der Waals surface area contributed by atoms with Gasteiger partial charge >= 0.3 is 5.97 Å². The molecule has 3 aromatic rings. The van der Waals surface area contributed by atoms with Crippen molar-refractivity contribution in [2.24, 2.45) is 5.10 Å². The summed E-state index contributed by atoms with van der Waals surface area (Å²) in [5, 5.41) is 13.0. The Morgan fingerprint density at radius 2 is 1.75 bits per heavy atom. The Morgan fingerprint density at radius 3 is 2.50 bits per heavy atom. The van der Waals surface area contributed by atoms with Crippen LogP contribution >= 0.6 is 11.8 Å². The molecule has 1 heterocycles. The highest BCUT2D eigenvalue weighted by Crippen LogP contribution is 2.34. The van der Waals surface area contributed by atoms with Crippen molar-refractivity contribution in [2.45, 2.75) is 0 Å². The van der Waals surface area contributed by atoms with Crippen LogP contribution in [-0.4, -0.2) is 60.0 Å². The number of hydrogen-bond acceptors (Lipinski definition) is 10. The number of nitrogens with one attached hydrogen (secondary N) is 1. The summed E-state index contributed by atoms with van der Waals surface area (Å²) in [5.74, 6) is -1.10. The third-order valence-corrected chi connectivity index (χ3v) is 6.39. The molecule has 1 fully saturated rings. The van der Waals surface area contributed by atoms with Crippen molar-refractivity contribution in [1.82, 2.24) is 10.3 Å². The van der Waals surface area contributed by atoms with Gasteiger partial charge in [0.2, 0.25) is 0 Å². The van der Waals surface area contributed by atoms with Crippen LogP contribution < -0.4 is 19.6 Å². The van der Waals surface area contributed by atoms with E-state index in [4.69, 9.17) is 14.2 Å². The number of phenolic OH excluding ortho intramolecular Hbond substituents is 1. The number of esters is 1. The molecule has 0 saturated carbocycles. The molecule has 0 atom stereocenters. The van der Waals surface area contributed by atoms with Crippen LogP contribution in [0.2, 0.25) is 0 Å². The first-order chi connectivity index (χ1) is 19.3. The number of methoxy groups -OCH3 is 2. The summed E-state index contributed by atoms with van der Waals surface area (Å²) in [7, 11) is 2.99. The van der Waals surface area contributed by atoms with E-state index in [1.165, 1.54) is 50.8 Å². The van der Waals surface area contributed by atoms with Crippen molar-refractivity contribution < 1.29 is 38.5 Å². The highest BCUT2D eigenvalue weighted by atomic mass is 32.2. The summed E-state index contributed by atoms with van der Waals surface area (Å²) in [6.45, 7) is -0.580. The number of ether oxygens (including phenoxy) is 3. The van der Waals surface area contributed by atoms with Crippen LogP contribution in [0, 0.1) is 0 Å². The van der Waals surface area contributed by atoms with Gasteiger partial charge in [-0.15, -0.1) is 0 Å². The standard InChI is InChI=1S/C28H23N3O8S/c1-37-22-11-10-17(13-23(22)38-2)14-24-27(35)31(28(36)40-24)16-25(33)39-19-7-5-6-18(12-19)15-29-30-26(34)20-8-3-4-9-21(20)32/h3-15,32H,16H2,1-2H3,(H,30,34). The van der Waals surface area contributed by atoms with E-state index in [9.17, 15) is 24.3 Å². The van der Waals surface area contributed by atoms with Gasteiger partial charge in [-0.1, -0.05) is 30.3 Å². The van der Waals surface area contributed by atoms with Crippen LogP contribution in [0.3, 0.4) is 0 Å². The first kappa shape index (κ1) is 27.9. The molecular formula is C28H23N3O8S. The van der Waals surface area contributed by atoms with E-state index in [0.29, 0.717) is 34.4 Å². The lowest BCUT2D eigenvalue weighted by Crippen LogP contribution is -2.35. The van der Waals surface area contributed by atoms with E-state index in [1.807, 2.05) is 0 Å². The molecule has 204 valence electrons. The van der Waals surface area contributed by atoms with Gasteiger partial charge in [0, 0.05) is 0 Å². The molecule has 4 rings (SSSR count). The molecule has 1 aliphatic heterocycles. The number of amides is 3. The maximum atomic E-state index is 12.8. The van der Waals surface area contributed by atoms with Crippen LogP contribution in [-0.2, 0) is 9.59 Å². The molecule has 1 saturated heterocycles. The van der Waals surface area contributed by atoms with Crippen LogP contribution in [0.1, 0.15) is 21.5 Å². The van der Waals surface area contributed by atoms with Crippen LogP contribution in [0.5, 0.6) is 23.0 Å². The van der Waals surface area contributed by atoms with Crippen molar-refractivity contribution in [1.29, 1.82) is 0 Å². The number of hydrazone groups is 1. The minimum atomic E-state index is -0.823. The highest BCUT2D eigenvalue weighted by molar-refractivity contribution is 8.18. The first-order valence-electron chi connectivity index (χ1n) is 11.7. The quantitative estimate of drug-likeness (QED) is 0.131. The Labute approximate surface area is 233 Å². The molecule has 1 aliphatic rings. The molecule has 12 heteroatoms. The fourth-order valence-electron chi connectivity index (χ4n) is 3.57. The van der Waals surface area contributed by atoms with E-state index in [1.54, 1.807) is 42.5 Å². The van der Waals surface area contributed by atoms with Crippen molar-refractivity contribution in [3.63, 3.8) is 0 Å². The molecular weight excluding hydrogens is 538 g/mol. The minimum absolute atomic E-state index is 0.0632. The number of para-hydroxylation sites is 1. The fourth-order valence-corrected chi connectivity index (χ4v) is 4.41. The predicted octanol–water partition coefficient (Wildman–Crippen LogP) is 3.82. The zero-order chi connectivity index (χ0) is 28.6. The molecule has 0 unspecified atom stereocenters. The van der Waals surface area contributed by atoms with Crippen molar-refractivity contribution in [2.75, 3.05) is 20.8 Å². The zero-order valence-corrected chi connectivity index (χ0v) is 22.1. The maximum Gasteiger partial charge on any atom is 0.331 e. The SMILES string of the molecule is COc1ccc(C=C2SC(=O)N(CC(=O)Oc3cccc(C=NNC(=O)c4ccccc4O)c3)C2=O)cc1OC. The van der Waals surface area contributed by atoms with Gasteiger partial charge in [-0.3, -0.25) is 19.3 Å². The van der Waals surface area contributed by atoms with Gasteiger partial charge in [0.05, 0.1) is 30.9 Å². The number of benzene rings is 3. The summed E-state index contributed by atoms with van der Waals surface area (Å²) >= 11 is 0.713. The number of nitrogens with zero attached hydrogens (tertiary/aromatic N) is 2. The van der Waals surface area contributed by atoms with Gasteiger partial charge in [-0.05, 0) is 65.4 Å². The number of aromatic hydroxyl groups is 1. The smallest absolute Gasteiger partial charge is 0.331 e. The van der Waals surface area contributed by atoms with Crippen LogP contribution in [0.15, 0.2) is 76.7 Å². The predicted molar refractivity (Wildman–Crippen MR) is 147 cm³/mol. The maximum absolute atomic E-state index is 12.8. The molecule has 0 spiro atoms. The molecule has 3 aromatic carbocycles. The third kappa shape index (κ3) is 6.66. The molecule has 0 radical (unpaired) electrons. The summed E-state index contributed by atoms with van der Waals surface area (Å²) < 4.78 is 15.8. The Balaban J connectivity index is 1.36. The molecule has 0 bridgehead atoms. The third-order valence-electron chi connectivity index (χ3n) is 5.48. The monoisotopic (exact) mass is 561 g/mol. The largest absolute Gasteiger partial charge is 0.507 e. The molecule has 0 aliphatic carbocycles. The zero-order valence-electron chi connectivity index (χ0n) is 21.3. The van der Waals surface area contributed by atoms with Gasteiger partial charge in [0.25, 0.3) is 17.1 Å². The van der Waals surface area contributed by atoms with Gasteiger partial charge in [-0.25, -0.2) is 10.2 Å². The topological polar surface area (TPSA) is 144 Å². The normalized spacial score (nSPS) is 14.1. The van der Waals surface area contributed by atoms with E-state index in [0.717, 1.165) is 4.90 Å². The number of thioether (sulfide) groups is 1. The Bertz CT molecular complexity index is 1540. The second kappa shape index (κ2) is 12.6. The summed E-state index contributed by atoms with van der Waals surface area (Å²) in [4.78, 5) is 50.9. The average Bonchev–Trinajstić information content (AvgIpc) is 3.20. The molecule has 11 nitrogen and oxygen atoms in total. The lowest BCUT2D eigenvalue weighted by Gasteiger charge is -2.12. The van der Waals surface area contributed by atoms with Crippen LogP contribution in [0.4, 0.5) is 4.79 Å². The Morgan fingerprint density at radius 1 is 0.975 bits per heavy atom. The fraction of sp³-hybridized carbons (Fsp3) is 0.107. The number of rotatable bonds is 9. The first-order valence-corrected chi connectivity index (χ1v) is 12.5. The second-order valence-electron chi connectivity index (χ2n) is 8.15. The summed E-state index contributed by atoms with van der Waals surface area (Å²) in [6.07, 6.45) is 2.85. The second-order valence-corrected chi connectivity index (χ2v) is 9.14. The van der Waals surface area contributed by atoms with Gasteiger partial charge in [0.15, 0.2) is 11.5 Å². The lowest BCUT2D eigenvalue weighted by molar-refractivity contribution is -0.138. The molecule has 3 amide bonds. The van der Waals surface area contributed by atoms with E-state index in [-0.39, 0.29) is 22.0 Å². The molecule has 0 aromatic heterocycles.